The lowest BCUT2D eigenvalue weighted by atomic mass is 9.76. The van der Waals surface area contributed by atoms with Crippen LogP contribution in [0.3, 0.4) is 0 Å². The Morgan fingerprint density at radius 3 is 2.79 bits per heavy atom. The van der Waals surface area contributed by atoms with Crippen molar-refractivity contribution in [2.45, 2.75) is 31.7 Å². The molecule has 2 N–H and O–H groups in total. The summed E-state index contributed by atoms with van der Waals surface area (Å²) in [7, 11) is 0.713. The molecule has 0 aromatic carbocycles. The molecule has 0 unspecified atom stereocenters. The highest BCUT2D eigenvalue weighted by atomic mass is 16.4. The second-order valence-corrected chi connectivity index (χ2v) is 5.58. The lowest BCUT2D eigenvalue weighted by Gasteiger charge is -2.26. The van der Waals surface area contributed by atoms with Crippen LogP contribution in [0, 0.1) is 0 Å². The number of aromatic nitrogens is 2. The van der Waals surface area contributed by atoms with E-state index in [0.717, 1.165) is 37.4 Å². The van der Waals surface area contributed by atoms with E-state index >= 15 is 0 Å². The van der Waals surface area contributed by atoms with E-state index < -0.39 is 7.12 Å². The molecular weight excluding hydrogens is 241 g/mol. The average Bonchev–Trinajstić information content (AvgIpc) is 3.17. The quantitative estimate of drug-likeness (QED) is 0.772. The zero-order valence-electron chi connectivity index (χ0n) is 11.3. The highest BCUT2D eigenvalue weighted by Crippen LogP contribution is 2.41. The van der Waals surface area contributed by atoms with Gasteiger partial charge in [-0.15, -0.1) is 0 Å². The Kier molecular flexibility index (Phi) is 3.47. The van der Waals surface area contributed by atoms with Crippen molar-refractivity contribution in [3.05, 3.63) is 29.0 Å². The first-order valence-corrected chi connectivity index (χ1v) is 6.93. The van der Waals surface area contributed by atoms with Gasteiger partial charge < -0.3 is 10.0 Å². The van der Waals surface area contributed by atoms with Crippen LogP contribution in [0.1, 0.15) is 36.4 Å². The van der Waals surface area contributed by atoms with Crippen molar-refractivity contribution in [1.82, 2.24) is 14.7 Å². The average molecular weight is 261 g/mol. The van der Waals surface area contributed by atoms with Crippen LogP contribution < -0.4 is 0 Å². The maximum absolute atomic E-state index is 9.14. The van der Waals surface area contributed by atoms with E-state index in [1.807, 2.05) is 24.0 Å². The van der Waals surface area contributed by atoms with Crippen LogP contribution in [-0.2, 0) is 13.6 Å². The minimum absolute atomic E-state index is 0.721. The maximum Gasteiger partial charge on any atom is 0.483 e. The predicted octanol–water partition coefficient (Wildman–Crippen LogP) is 0.442. The molecule has 1 saturated carbocycles. The highest BCUT2D eigenvalue weighted by molar-refractivity contribution is 6.50. The Labute approximate surface area is 113 Å². The summed E-state index contributed by atoms with van der Waals surface area (Å²) in [4.78, 5) is 2.33. The molecular formula is C13H20BN3O2. The monoisotopic (exact) mass is 261 g/mol. The van der Waals surface area contributed by atoms with Crippen LogP contribution in [0.4, 0.5) is 0 Å². The SMILES string of the molecule is Cn1ncc(C2CC2)c1CN1CC=C(B(O)O)CC1. The second-order valence-electron chi connectivity index (χ2n) is 5.58. The van der Waals surface area contributed by atoms with Gasteiger partial charge in [0.25, 0.3) is 0 Å². The molecule has 102 valence electrons. The van der Waals surface area contributed by atoms with E-state index in [-0.39, 0.29) is 0 Å². The van der Waals surface area contributed by atoms with Crippen molar-refractivity contribution in [3.8, 4) is 0 Å². The number of hydrogen-bond donors (Lipinski definition) is 2. The summed E-state index contributed by atoms with van der Waals surface area (Å²) < 4.78 is 1.98. The summed E-state index contributed by atoms with van der Waals surface area (Å²) >= 11 is 0. The molecule has 0 bridgehead atoms. The van der Waals surface area contributed by atoms with Gasteiger partial charge in [0.2, 0.25) is 0 Å². The molecule has 0 saturated heterocycles. The normalized spacial score (nSPS) is 20.5. The molecule has 19 heavy (non-hydrogen) atoms. The molecule has 1 aromatic rings. The first kappa shape index (κ1) is 12.9. The fourth-order valence-electron chi connectivity index (χ4n) is 2.73. The van der Waals surface area contributed by atoms with Crippen molar-refractivity contribution in [2.75, 3.05) is 13.1 Å². The summed E-state index contributed by atoms with van der Waals surface area (Å²) in [5.41, 5.74) is 3.45. The summed E-state index contributed by atoms with van der Waals surface area (Å²) in [6, 6.07) is 0. The summed E-state index contributed by atoms with van der Waals surface area (Å²) in [6.07, 6.45) is 7.25. The first-order valence-electron chi connectivity index (χ1n) is 6.93. The smallest absolute Gasteiger partial charge is 0.423 e. The minimum Gasteiger partial charge on any atom is -0.423 e. The predicted molar refractivity (Wildman–Crippen MR) is 73.4 cm³/mol. The van der Waals surface area contributed by atoms with Crippen LogP contribution in [0.15, 0.2) is 17.7 Å². The van der Waals surface area contributed by atoms with Crippen molar-refractivity contribution in [2.24, 2.45) is 7.05 Å². The van der Waals surface area contributed by atoms with E-state index in [1.54, 1.807) is 0 Å². The van der Waals surface area contributed by atoms with Gasteiger partial charge in [-0.1, -0.05) is 6.08 Å². The number of hydrogen-bond acceptors (Lipinski definition) is 4. The standard InChI is InChI=1S/C13H20BN3O2/c1-16-13(12(8-15-16)10-2-3-10)9-17-6-4-11(5-7-17)14(18)19/h4,8,10,18-19H,2-3,5-7,9H2,1H3. The summed E-state index contributed by atoms with van der Waals surface area (Å²) in [5, 5.41) is 22.7. The van der Waals surface area contributed by atoms with E-state index in [2.05, 4.69) is 10.00 Å². The lowest BCUT2D eigenvalue weighted by Crippen LogP contribution is -2.33. The Balaban J connectivity index is 1.68. The number of nitrogens with zero attached hydrogens (tertiary/aromatic N) is 3. The van der Waals surface area contributed by atoms with Gasteiger partial charge in [0.15, 0.2) is 0 Å². The van der Waals surface area contributed by atoms with Gasteiger partial charge in [-0.25, -0.2) is 0 Å². The van der Waals surface area contributed by atoms with Gasteiger partial charge in [-0.2, -0.15) is 5.10 Å². The van der Waals surface area contributed by atoms with Gasteiger partial charge in [0, 0.05) is 26.7 Å². The summed E-state index contributed by atoms with van der Waals surface area (Å²) in [5.74, 6) is 0.721. The molecule has 1 aliphatic heterocycles. The molecule has 0 atom stereocenters. The van der Waals surface area contributed by atoms with E-state index in [0.29, 0.717) is 0 Å². The van der Waals surface area contributed by atoms with Gasteiger partial charge >= 0.3 is 7.12 Å². The fourth-order valence-corrected chi connectivity index (χ4v) is 2.73. The van der Waals surface area contributed by atoms with Crippen molar-refractivity contribution in [1.29, 1.82) is 0 Å². The molecule has 6 heteroatoms. The third-order valence-corrected chi connectivity index (χ3v) is 4.14. The van der Waals surface area contributed by atoms with Gasteiger partial charge in [-0.05, 0) is 36.2 Å². The van der Waals surface area contributed by atoms with Gasteiger partial charge in [0.1, 0.15) is 0 Å². The largest absolute Gasteiger partial charge is 0.483 e. The van der Waals surface area contributed by atoms with E-state index in [1.165, 1.54) is 24.1 Å². The zero-order valence-corrected chi connectivity index (χ0v) is 11.3. The Morgan fingerprint density at radius 2 is 2.21 bits per heavy atom. The van der Waals surface area contributed by atoms with Gasteiger partial charge in [-0.3, -0.25) is 9.58 Å². The molecule has 0 amide bonds. The van der Waals surface area contributed by atoms with Crippen molar-refractivity contribution in [3.63, 3.8) is 0 Å². The first-order chi connectivity index (χ1) is 9.15. The maximum atomic E-state index is 9.14. The fraction of sp³-hybridized carbons (Fsp3) is 0.615. The molecule has 2 aliphatic rings. The van der Waals surface area contributed by atoms with Crippen LogP contribution in [0.25, 0.3) is 0 Å². The molecule has 0 spiro atoms. The third-order valence-electron chi connectivity index (χ3n) is 4.14. The summed E-state index contributed by atoms with van der Waals surface area (Å²) in [6.45, 7) is 2.55. The molecule has 2 heterocycles. The highest BCUT2D eigenvalue weighted by Gasteiger charge is 2.29. The van der Waals surface area contributed by atoms with Crippen LogP contribution in [0.5, 0.6) is 0 Å². The topological polar surface area (TPSA) is 61.5 Å². The molecule has 1 aromatic heterocycles. The second kappa shape index (κ2) is 5.11. The number of aryl methyl sites for hydroxylation is 1. The van der Waals surface area contributed by atoms with Gasteiger partial charge in [0.05, 0.1) is 11.9 Å². The third kappa shape index (κ3) is 2.75. The number of rotatable bonds is 4. The molecule has 5 nitrogen and oxygen atoms in total. The zero-order chi connectivity index (χ0) is 13.4. The Hall–Kier alpha value is -1.11. The minimum atomic E-state index is -1.29. The van der Waals surface area contributed by atoms with Crippen LogP contribution >= 0.6 is 0 Å². The molecule has 1 aliphatic carbocycles. The van der Waals surface area contributed by atoms with Crippen molar-refractivity contribution >= 4 is 7.12 Å². The Bertz CT molecular complexity index is 494. The van der Waals surface area contributed by atoms with E-state index in [9.17, 15) is 0 Å². The van der Waals surface area contributed by atoms with Crippen molar-refractivity contribution < 1.29 is 10.0 Å². The molecule has 3 rings (SSSR count). The molecule has 1 fully saturated rings. The van der Waals surface area contributed by atoms with E-state index in [4.69, 9.17) is 10.0 Å². The lowest BCUT2D eigenvalue weighted by molar-refractivity contribution is 0.276. The van der Waals surface area contributed by atoms with Crippen LogP contribution in [-0.4, -0.2) is 44.9 Å². The Morgan fingerprint density at radius 1 is 1.42 bits per heavy atom. The van der Waals surface area contributed by atoms with Crippen LogP contribution in [0.2, 0.25) is 0 Å². The molecule has 0 radical (unpaired) electrons.